The van der Waals surface area contributed by atoms with Gasteiger partial charge in [-0.3, -0.25) is 0 Å². The second kappa shape index (κ2) is 6.83. The fourth-order valence-electron chi connectivity index (χ4n) is 2.97. The summed E-state index contributed by atoms with van der Waals surface area (Å²) in [7, 11) is 0. The van der Waals surface area contributed by atoms with Crippen molar-refractivity contribution in [2.75, 3.05) is 0 Å². The minimum atomic E-state index is 1.21. The lowest BCUT2D eigenvalue weighted by Crippen LogP contribution is -1.98. The highest BCUT2D eigenvalue weighted by molar-refractivity contribution is 5.37. The van der Waals surface area contributed by atoms with Crippen LogP contribution in [0.2, 0.25) is 0 Å². The molecular formula is C17H26. The largest absolute Gasteiger partial charge is 0.0958 e. The van der Waals surface area contributed by atoms with Gasteiger partial charge in [0.2, 0.25) is 0 Å². The van der Waals surface area contributed by atoms with Gasteiger partial charge in [0.25, 0.3) is 0 Å². The molecule has 0 aromatic carbocycles. The summed E-state index contributed by atoms with van der Waals surface area (Å²) < 4.78 is 0. The minimum Gasteiger partial charge on any atom is -0.0958 e. The maximum absolute atomic E-state index is 4.20. The third kappa shape index (κ3) is 4.18. The minimum absolute atomic E-state index is 1.21. The van der Waals surface area contributed by atoms with Crippen molar-refractivity contribution in [1.29, 1.82) is 0 Å². The summed E-state index contributed by atoms with van der Waals surface area (Å²) in [5.74, 6) is 0. The van der Waals surface area contributed by atoms with E-state index in [1.807, 2.05) is 0 Å². The van der Waals surface area contributed by atoms with Crippen molar-refractivity contribution in [3.63, 3.8) is 0 Å². The standard InChI is InChI=1S/C17H26/c1-15-10-6-5-9-13-17(14-15)16-11-7-3-2-4-8-12-16/h11,14H,1-10,12-13H2/b16-11+,17-14+. The first-order valence-corrected chi connectivity index (χ1v) is 7.44. The van der Waals surface area contributed by atoms with Crippen LogP contribution in [0.3, 0.4) is 0 Å². The molecule has 0 aromatic heterocycles. The molecule has 0 radical (unpaired) electrons. The highest BCUT2D eigenvalue weighted by atomic mass is 14.2. The van der Waals surface area contributed by atoms with Crippen LogP contribution in [0, 0.1) is 0 Å². The van der Waals surface area contributed by atoms with Gasteiger partial charge in [0.05, 0.1) is 0 Å². The smallest absolute Gasteiger partial charge is 0.0276 e. The Bertz CT molecular complexity index is 317. The molecule has 0 nitrogen and oxygen atoms in total. The molecule has 0 saturated carbocycles. The van der Waals surface area contributed by atoms with Crippen LogP contribution in [0.5, 0.6) is 0 Å². The molecule has 2 rings (SSSR count). The van der Waals surface area contributed by atoms with E-state index in [1.54, 1.807) is 11.1 Å². The average Bonchev–Trinajstić information content (AvgIpc) is 2.23. The summed E-state index contributed by atoms with van der Waals surface area (Å²) in [6, 6.07) is 0. The Hall–Kier alpha value is -0.780. The third-order valence-corrected chi connectivity index (χ3v) is 4.03. The van der Waals surface area contributed by atoms with Crippen LogP contribution >= 0.6 is 0 Å². The monoisotopic (exact) mass is 230 g/mol. The zero-order chi connectivity index (χ0) is 11.9. The summed E-state index contributed by atoms with van der Waals surface area (Å²) in [5.41, 5.74) is 4.60. The van der Waals surface area contributed by atoms with Gasteiger partial charge >= 0.3 is 0 Å². The van der Waals surface area contributed by atoms with Crippen LogP contribution in [0.1, 0.15) is 70.6 Å². The Balaban J connectivity index is 2.10. The van der Waals surface area contributed by atoms with Crippen LogP contribution in [0.25, 0.3) is 0 Å². The Kier molecular flexibility index (Phi) is 5.09. The van der Waals surface area contributed by atoms with E-state index in [4.69, 9.17) is 0 Å². The van der Waals surface area contributed by atoms with Crippen LogP contribution < -0.4 is 0 Å². The van der Waals surface area contributed by atoms with Crippen molar-refractivity contribution in [3.8, 4) is 0 Å². The van der Waals surface area contributed by atoms with Crippen molar-refractivity contribution >= 4 is 0 Å². The summed E-state index contributed by atoms with van der Waals surface area (Å²) in [6.07, 6.45) is 19.7. The zero-order valence-electron chi connectivity index (χ0n) is 11.1. The highest BCUT2D eigenvalue weighted by Crippen LogP contribution is 2.29. The molecule has 17 heavy (non-hydrogen) atoms. The van der Waals surface area contributed by atoms with Gasteiger partial charge < -0.3 is 0 Å². The predicted octanol–water partition coefficient (Wildman–Crippen LogP) is 5.71. The molecule has 0 unspecified atom stereocenters. The first-order valence-electron chi connectivity index (χ1n) is 7.44. The predicted molar refractivity (Wildman–Crippen MR) is 76.1 cm³/mol. The maximum Gasteiger partial charge on any atom is -0.0276 e. The quantitative estimate of drug-likeness (QED) is 0.541. The zero-order valence-corrected chi connectivity index (χ0v) is 11.1. The van der Waals surface area contributed by atoms with Crippen molar-refractivity contribution in [3.05, 3.63) is 35.5 Å². The molecule has 0 heteroatoms. The summed E-state index contributed by atoms with van der Waals surface area (Å²) >= 11 is 0. The Morgan fingerprint density at radius 3 is 2.24 bits per heavy atom. The van der Waals surface area contributed by atoms with Crippen LogP contribution in [-0.4, -0.2) is 0 Å². The van der Waals surface area contributed by atoms with E-state index < -0.39 is 0 Å². The van der Waals surface area contributed by atoms with Gasteiger partial charge in [-0.05, 0) is 62.5 Å². The molecule has 0 saturated heterocycles. The number of rotatable bonds is 1. The van der Waals surface area contributed by atoms with Crippen molar-refractivity contribution < 1.29 is 0 Å². The van der Waals surface area contributed by atoms with E-state index >= 15 is 0 Å². The lowest BCUT2D eigenvalue weighted by atomic mass is 9.88. The SMILES string of the molecule is C=C1/C=C(/C2=C/CCCCCC2)CCCCC1. The van der Waals surface area contributed by atoms with Gasteiger partial charge in [0.1, 0.15) is 0 Å². The molecule has 0 N–H and O–H groups in total. The summed E-state index contributed by atoms with van der Waals surface area (Å²) in [6.45, 7) is 4.20. The van der Waals surface area contributed by atoms with Gasteiger partial charge in [-0.25, -0.2) is 0 Å². The van der Waals surface area contributed by atoms with Gasteiger partial charge in [-0.1, -0.05) is 43.6 Å². The van der Waals surface area contributed by atoms with E-state index in [-0.39, 0.29) is 0 Å². The maximum atomic E-state index is 4.20. The lowest BCUT2D eigenvalue weighted by Gasteiger charge is -2.18. The molecule has 0 aliphatic heterocycles. The van der Waals surface area contributed by atoms with Gasteiger partial charge in [-0.2, -0.15) is 0 Å². The fourth-order valence-corrected chi connectivity index (χ4v) is 2.97. The summed E-state index contributed by atoms with van der Waals surface area (Å²) in [5, 5.41) is 0. The molecule has 0 atom stereocenters. The van der Waals surface area contributed by atoms with Gasteiger partial charge in [-0.15, -0.1) is 0 Å². The first kappa shape index (κ1) is 12.7. The van der Waals surface area contributed by atoms with E-state index in [0.717, 1.165) is 0 Å². The van der Waals surface area contributed by atoms with E-state index in [2.05, 4.69) is 18.7 Å². The average molecular weight is 230 g/mol. The van der Waals surface area contributed by atoms with E-state index in [1.165, 1.54) is 76.2 Å². The Morgan fingerprint density at radius 2 is 1.35 bits per heavy atom. The van der Waals surface area contributed by atoms with Crippen molar-refractivity contribution in [2.24, 2.45) is 0 Å². The Morgan fingerprint density at radius 1 is 0.706 bits per heavy atom. The molecule has 0 aromatic rings. The molecular weight excluding hydrogens is 204 g/mol. The Labute approximate surface area is 106 Å². The number of allylic oxidation sites excluding steroid dienone is 5. The third-order valence-electron chi connectivity index (χ3n) is 4.03. The number of hydrogen-bond acceptors (Lipinski definition) is 0. The lowest BCUT2D eigenvalue weighted by molar-refractivity contribution is 0.617. The molecule has 0 heterocycles. The van der Waals surface area contributed by atoms with Crippen LogP contribution in [0.15, 0.2) is 35.5 Å². The second-order valence-corrected chi connectivity index (χ2v) is 5.57. The van der Waals surface area contributed by atoms with Crippen LogP contribution in [0.4, 0.5) is 0 Å². The molecule has 0 spiro atoms. The van der Waals surface area contributed by atoms with Crippen molar-refractivity contribution in [2.45, 2.75) is 70.6 Å². The summed E-state index contributed by atoms with van der Waals surface area (Å²) in [4.78, 5) is 0. The van der Waals surface area contributed by atoms with E-state index in [9.17, 15) is 0 Å². The van der Waals surface area contributed by atoms with Gasteiger partial charge in [0, 0.05) is 0 Å². The molecule has 94 valence electrons. The first-order chi connectivity index (χ1) is 8.36. The number of hydrogen-bond donors (Lipinski definition) is 0. The second-order valence-electron chi connectivity index (χ2n) is 5.57. The highest BCUT2D eigenvalue weighted by Gasteiger charge is 2.10. The molecule has 2 aliphatic rings. The molecule has 0 bridgehead atoms. The molecule has 2 aliphatic carbocycles. The normalized spacial score (nSPS) is 30.0. The molecule has 0 fully saturated rings. The fraction of sp³-hybridized carbons (Fsp3) is 0.647. The van der Waals surface area contributed by atoms with Crippen LogP contribution in [-0.2, 0) is 0 Å². The topological polar surface area (TPSA) is 0 Å². The molecule has 0 amide bonds. The van der Waals surface area contributed by atoms with Crippen molar-refractivity contribution in [1.82, 2.24) is 0 Å². The van der Waals surface area contributed by atoms with E-state index in [0.29, 0.717) is 0 Å². The van der Waals surface area contributed by atoms with Gasteiger partial charge in [0.15, 0.2) is 0 Å².